The van der Waals surface area contributed by atoms with E-state index in [0.29, 0.717) is 17.8 Å². The Kier molecular flexibility index (Phi) is 4.92. The minimum absolute atomic E-state index is 0.0135. The summed E-state index contributed by atoms with van der Waals surface area (Å²) in [5, 5.41) is 6.02. The quantitative estimate of drug-likeness (QED) is 0.900. The average molecular weight is 367 g/mol. The molecular weight excluding hydrogens is 351 g/mol. The van der Waals surface area contributed by atoms with E-state index >= 15 is 0 Å². The van der Waals surface area contributed by atoms with E-state index in [0.717, 1.165) is 19.0 Å². The number of alkyl halides is 3. The van der Waals surface area contributed by atoms with Crippen LogP contribution in [0.25, 0.3) is 0 Å². The van der Waals surface area contributed by atoms with E-state index in [4.69, 9.17) is 0 Å². The van der Waals surface area contributed by atoms with Gasteiger partial charge in [-0.15, -0.1) is 0 Å². The van der Waals surface area contributed by atoms with Gasteiger partial charge in [-0.3, -0.25) is 14.3 Å². The lowest BCUT2D eigenvalue weighted by Gasteiger charge is -2.14. The van der Waals surface area contributed by atoms with Crippen LogP contribution in [-0.2, 0) is 6.54 Å². The van der Waals surface area contributed by atoms with Gasteiger partial charge in [0, 0.05) is 25.4 Å². The fourth-order valence-corrected chi connectivity index (χ4v) is 2.64. The first-order chi connectivity index (χ1) is 12.3. The molecule has 0 spiro atoms. The zero-order valence-electron chi connectivity index (χ0n) is 13.7. The Morgan fingerprint density at radius 1 is 1.12 bits per heavy atom. The number of carbonyl (C=O) groups is 2. The molecule has 0 atom stereocenters. The van der Waals surface area contributed by atoms with Crippen molar-refractivity contribution in [3.63, 3.8) is 0 Å². The van der Waals surface area contributed by atoms with Gasteiger partial charge in [0.25, 0.3) is 11.8 Å². The predicted octanol–water partition coefficient (Wildman–Crippen LogP) is 2.33. The van der Waals surface area contributed by atoms with Crippen LogP contribution in [0.1, 0.15) is 33.8 Å². The van der Waals surface area contributed by atoms with Crippen molar-refractivity contribution in [1.29, 1.82) is 0 Å². The van der Waals surface area contributed by atoms with Crippen LogP contribution < -0.4 is 5.32 Å². The zero-order valence-corrected chi connectivity index (χ0v) is 13.7. The van der Waals surface area contributed by atoms with Crippen molar-refractivity contribution in [1.82, 2.24) is 19.7 Å². The predicted molar refractivity (Wildman–Crippen MR) is 85.6 cm³/mol. The molecule has 0 aliphatic carbocycles. The van der Waals surface area contributed by atoms with Crippen molar-refractivity contribution >= 4 is 17.6 Å². The fourth-order valence-electron chi connectivity index (χ4n) is 2.64. The number of nitrogens with one attached hydrogen (secondary N) is 1. The second-order valence-electron chi connectivity index (χ2n) is 5.88. The summed E-state index contributed by atoms with van der Waals surface area (Å²) in [6.07, 6.45) is -1.41. The number of pyridine rings is 1. The zero-order chi connectivity index (χ0) is 18.7. The summed E-state index contributed by atoms with van der Waals surface area (Å²) in [5.74, 6) is -0.928. The summed E-state index contributed by atoms with van der Waals surface area (Å²) in [4.78, 5) is 30.3. The highest BCUT2D eigenvalue weighted by Gasteiger charge is 2.28. The van der Waals surface area contributed by atoms with Gasteiger partial charge < -0.3 is 10.2 Å². The van der Waals surface area contributed by atoms with E-state index in [1.165, 1.54) is 24.3 Å². The first-order valence-electron chi connectivity index (χ1n) is 8.00. The van der Waals surface area contributed by atoms with E-state index in [1.54, 1.807) is 4.90 Å². The highest BCUT2D eigenvalue weighted by molar-refractivity contribution is 6.03. The van der Waals surface area contributed by atoms with Crippen LogP contribution in [0.5, 0.6) is 0 Å². The minimum Gasteiger partial charge on any atom is -0.337 e. The number of carbonyl (C=O) groups excluding carboxylic acids is 2. The molecule has 10 heteroatoms. The van der Waals surface area contributed by atoms with E-state index < -0.39 is 18.6 Å². The fraction of sp³-hybridized carbons (Fsp3) is 0.375. The van der Waals surface area contributed by atoms with Crippen molar-refractivity contribution in [2.45, 2.75) is 25.6 Å². The van der Waals surface area contributed by atoms with Gasteiger partial charge in [-0.2, -0.15) is 18.3 Å². The maximum absolute atomic E-state index is 12.3. The Hall–Kier alpha value is -2.91. The normalized spacial score (nSPS) is 14.5. The van der Waals surface area contributed by atoms with Gasteiger partial charge in [0.05, 0.1) is 0 Å². The summed E-state index contributed by atoms with van der Waals surface area (Å²) in [5.41, 5.74) is 0.141. The Morgan fingerprint density at radius 2 is 1.81 bits per heavy atom. The van der Waals surface area contributed by atoms with Gasteiger partial charge in [0.2, 0.25) is 0 Å². The standard InChI is InChI=1S/C16H16F3N5O2/c17-16(18,19)10-24-9-6-13(22-24)21-14(25)11-4-3-5-12(20-11)15(26)23-7-1-2-8-23/h3-6,9H,1-2,7-8,10H2,(H,21,22,25). The second-order valence-corrected chi connectivity index (χ2v) is 5.88. The monoisotopic (exact) mass is 367 g/mol. The highest BCUT2D eigenvalue weighted by Crippen LogP contribution is 2.18. The first-order valence-corrected chi connectivity index (χ1v) is 8.00. The molecule has 0 aromatic carbocycles. The third-order valence-electron chi connectivity index (χ3n) is 3.82. The number of rotatable bonds is 4. The number of anilines is 1. The molecule has 1 N–H and O–H groups in total. The first kappa shape index (κ1) is 17.9. The summed E-state index contributed by atoms with van der Waals surface area (Å²) in [6, 6.07) is 5.73. The topological polar surface area (TPSA) is 80.1 Å². The van der Waals surface area contributed by atoms with Crippen LogP contribution in [0.4, 0.5) is 19.0 Å². The maximum Gasteiger partial charge on any atom is 0.408 e. The molecule has 0 radical (unpaired) electrons. The third-order valence-corrected chi connectivity index (χ3v) is 3.82. The van der Waals surface area contributed by atoms with Crippen LogP contribution in [-0.4, -0.2) is 50.7 Å². The van der Waals surface area contributed by atoms with Crippen molar-refractivity contribution < 1.29 is 22.8 Å². The lowest BCUT2D eigenvalue weighted by molar-refractivity contribution is -0.142. The van der Waals surface area contributed by atoms with E-state index in [1.807, 2.05) is 0 Å². The molecule has 0 unspecified atom stereocenters. The van der Waals surface area contributed by atoms with E-state index in [-0.39, 0.29) is 23.1 Å². The van der Waals surface area contributed by atoms with Crippen molar-refractivity contribution in [3.05, 3.63) is 41.9 Å². The number of halogens is 3. The Balaban J connectivity index is 1.68. The molecular formula is C16H16F3N5O2. The van der Waals surface area contributed by atoms with Crippen molar-refractivity contribution in [2.75, 3.05) is 18.4 Å². The largest absolute Gasteiger partial charge is 0.408 e. The third kappa shape index (κ3) is 4.38. The molecule has 2 aromatic heterocycles. The molecule has 0 saturated carbocycles. The van der Waals surface area contributed by atoms with Gasteiger partial charge >= 0.3 is 6.18 Å². The molecule has 7 nitrogen and oxygen atoms in total. The maximum atomic E-state index is 12.3. The highest BCUT2D eigenvalue weighted by atomic mass is 19.4. The summed E-state index contributed by atoms with van der Waals surface area (Å²) in [7, 11) is 0. The molecule has 1 saturated heterocycles. The van der Waals surface area contributed by atoms with Gasteiger partial charge in [0.1, 0.15) is 17.9 Å². The second kappa shape index (κ2) is 7.14. The molecule has 138 valence electrons. The SMILES string of the molecule is O=C(Nc1ccn(CC(F)(F)F)n1)c1cccc(C(=O)N2CCCC2)n1. The van der Waals surface area contributed by atoms with Crippen LogP contribution in [0.2, 0.25) is 0 Å². The molecule has 1 aliphatic heterocycles. The van der Waals surface area contributed by atoms with E-state index in [2.05, 4.69) is 15.4 Å². The molecule has 2 aromatic rings. The Morgan fingerprint density at radius 3 is 2.50 bits per heavy atom. The Labute approximate surface area is 146 Å². The Bertz CT molecular complexity index is 812. The number of aromatic nitrogens is 3. The molecule has 3 rings (SSSR count). The van der Waals surface area contributed by atoms with Crippen LogP contribution >= 0.6 is 0 Å². The van der Waals surface area contributed by atoms with Gasteiger partial charge in [-0.1, -0.05) is 6.07 Å². The average Bonchev–Trinajstić information content (AvgIpc) is 3.25. The van der Waals surface area contributed by atoms with Gasteiger partial charge in [-0.25, -0.2) is 4.98 Å². The number of hydrogen-bond donors (Lipinski definition) is 1. The van der Waals surface area contributed by atoms with Crippen LogP contribution in [0, 0.1) is 0 Å². The van der Waals surface area contributed by atoms with Crippen molar-refractivity contribution in [2.24, 2.45) is 0 Å². The van der Waals surface area contributed by atoms with E-state index in [9.17, 15) is 22.8 Å². The molecule has 26 heavy (non-hydrogen) atoms. The van der Waals surface area contributed by atoms with Crippen LogP contribution in [0.3, 0.4) is 0 Å². The van der Waals surface area contributed by atoms with Gasteiger partial charge in [-0.05, 0) is 25.0 Å². The molecule has 2 amide bonds. The summed E-state index contributed by atoms with van der Waals surface area (Å²) < 4.78 is 37.7. The number of likely N-dealkylation sites (tertiary alicyclic amines) is 1. The number of nitrogens with zero attached hydrogens (tertiary/aromatic N) is 4. The number of amides is 2. The lowest BCUT2D eigenvalue weighted by Crippen LogP contribution is -2.29. The molecule has 1 aliphatic rings. The lowest BCUT2D eigenvalue weighted by atomic mass is 10.2. The summed E-state index contributed by atoms with van der Waals surface area (Å²) in [6.45, 7) is 0.0715. The number of hydrogen-bond acceptors (Lipinski definition) is 4. The molecule has 0 bridgehead atoms. The van der Waals surface area contributed by atoms with Crippen molar-refractivity contribution in [3.8, 4) is 0 Å². The molecule has 3 heterocycles. The molecule has 1 fully saturated rings. The smallest absolute Gasteiger partial charge is 0.337 e. The van der Waals surface area contributed by atoms with Crippen LogP contribution in [0.15, 0.2) is 30.5 Å². The summed E-state index contributed by atoms with van der Waals surface area (Å²) >= 11 is 0. The van der Waals surface area contributed by atoms with Gasteiger partial charge in [0.15, 0.2) is 5.82 Å². The minimum atomic E-state index is -4.40.